The number of nitrogens with one attached hydrogen (secondary N) is 1. The Kier molecular flexibility index (Phi) is 11.4. The molecule has 0 heterocycles. The van der Waals surface area contributed by atoms with Crippen LogP contribution in [0.2, 0.25) is 0 Å². The minimum absolute atomic E-state index is 0.0249. The van der Waals surface area contributed by atoms with E-state index < -0.39 is 0 Å². The second-order valence-electron chi connectivity index (χ2n) is 4.04. The summed E-state index contributed by atoms with van der Waals surface area (Å²) in [7, 11) is 0. The van der Waals surface area contributed by atoms with Crippen LogP contribution in [-0.4, -0.2) is 50.6 Å². The van der Waals surface area contributed by atoms with E-state index in [1.54, 1.807) is 6.92 Å². The summed E-state index contributed by atoms with van der Waals surface area (Å²) in [6, 6.07) is 0. The van der Waals surface area contributed by atoms with Crippen LogP contribution in [0.25, 0.3) is 0 Å². The topological polar surface area (TPSA) is 67.8 Å². The van der Waals surface area contributed by atoms with Crippen molar-refractivity contribution in [1.82, 2.24) is 5.32 Å². The summed E-state index contributed by atoms with van der Waals surface area (Å²) < 4.78 is 9.84. The van der Waals surface area contributed by atoms with Gasteiger partial charge in [-0.15, -0.1) is 0 Å². The van der Waals surface area contributed by atoms with Crippen molar-refractivity contribution in [3.63, 3.8) is 0 Å². The SMILES string of the molecule is CCOC(=O)COCCNCCCC(C)CO. The third-order valence-corrected chi connectivity index (χ3v) is 2.31. The largest absolute Gasteiger partial charge is 0.464 e. The molecule has 0 rings (SSSR count). The summed E-state index contributed by atoms with van der Waals surface area (Å²) in [5, 5.41) is 12.0. The first kappa shape index (κ1) is 16.4. The van der Waals surface area contributed by atoms with Gasteiger partial charge >= 0.3 is 5.97 Å². The molecule has 0 aromatic rings. The third kappa shape index (κ3) is 11.6. The molecule has 0 spiro atoms. The van der Waals surface area contributed by atoms with E-state index in [2.05, 4.69) is 5.32 Å². The first-order chi connectivity index (χ1) is 8.20. The maximum Gasteiger partial charge on any atom is 0.332 e. The molecule has 0 aromatic heterocycles. The summed E-state index contributed by atoms with van der Waals surface area (Å²) in [6.07, 6.45) is 2.06. The number of hydrogen-bond donors (Lipinski definition) is 2. The highest BCUT2D eigenvalue weighted by Gasteiger charge is 2.01. The number of aliphatic hydroxyl groups is 1. The normalized spacial score (nSPS) is 12.4. The predicted octanol–water partition coefficient (Wildman–Crippen LogP) is 0.564. The molecule has 5 nitrogen and oxygen atoms in total. The van der Waals surface area contributed by atoms with Crippen molar-refractivity contribution in [2.45, 2.75) is 26.7 Å². The quantitative estimate of drug-likeness (QED) is 0.412. The van der Waals surface area contributed by atoms with Crippen LogP contribution in [0.1, 0.15) is 26.7 Å². The van der Waals surface area contributed by atoms with Gasteiger partial charge in [-0.25, -0.2) is 4.79 Å². The Labute approximate surface area is 103 Å². The molecule has 0 aliphatic rings. The summed E-state index contributed by atoms with van der Waals surface area (Å²) in [5.74, 6) is 0.0566. The lowest BCUT2D eigenvalue weighted by Gasteiger charge is -2.08. The Balaban J connectivity index is 3.11. The Bertz CT molecular complexity index is 187. The Hall–Kier alpha value is -0.650. The van der Waals surface area contributed by atoms with Gasteiger partial charge in [-0.1, -0.05) is 6.92 Å². The second-order valence-corrected chi connectivity index (χ2v) is 4.04. The minimum atomic E-state index is -0.315. The van der Waals surface area contributed by atoms with E-state index in [0.717, 1.165) is 25.9 Å². The van der Waals surface area contributed by atoms with Crippen LogP contribution in [0.5, 0.6) is 0 Å². The number of aliphatic hydroxyl groups excluding tert-OH is 1. The average Bonchev–Trinajstić information content (AvgIpc) is 2.32. The molecule has 2 N–H and O–H groups in total. The van der Waals surface area contributed by atoms with Crippen molar-refractivity contribution < 1.29 is 19.4 Å². The van der Waals surface area contributed by atoms with E-state index in [1.165, 1.54) is 0 Å². The molecule has 0 radical (unpaired) electrons. The zero-order chi connectivity index (χ0) is 12.9. The fraction of sp³-hybridized carbons (Fsp3) is 0.917. The average molecular weight is 247 g/mol. The minimum Gasteiger partial charge on any atom is -0.464 e. The van der Waals surface area contributed by atoms with Gasteiger partial charge in [0.15, 0.2) is 0 Å². The molecule has 1 atom stereocenters. The molecule has 0 aliphatic heterocycles. The number of ether oxygens (including phenoxy) is 2. The van der Waals surface area contributed by atoms with Gasteiger partial charge in [0, 0.05) is 13.2 Å². The summed E-state index contributed by atoms with van der Waals surface area (Å²) in [6.45, 7) is 6.62. The lowest BCUT2D eigenvalue weighted by molar-refractivity contribution is -0.148. The van der Waals surface area contributed by atoms with Gasteiger partial charge in [0.25, 0.3) is 0 Å². The first-order valence-electron chi connectivity index (χ1n) is 6.25. The molecule has 0 amide bonds. The van der Waals surface area contributed by atoms with E-state index in [9.17, 15) is 4.79 Å². The number of esters is 1. The van der Waals surface area contributed by atoms with Crippen LogP contribution in [0.15, 0.2) is 0 Å². The molecule has 0 saturated carbocycles. The molecule has 1 unspecified atom stereocenters. The van der Waals surface area contributed by atoms with Crippen molar-refractivity contribution in [3.05, 3.63) is 0 Å². The van der Waals surface area contributed by atoms with E-state index in [-0.39, 0.29) is 19.2 Å². The lowest BCUT2D eigenvalue weighted by atomic mass is 10.1. The summed E-state index contributed by atoms with van der Waals surface area (Å²) in [5.41, 5.74) is 0. The van der Waals surface area contributed by atoms with Crippen molar-refractivity contribution in [1.29, 1.82) is 0 Å². The zero-order valence-corrected chi connectivity index (χ0v) is 10.9. The maximum absolute atomic E-state index is 10.9. The van der Waals surface area contributed by atoms with Gasteiger partial charge in [0.1, 0.15) is 6.61 Å². The van der Waals surface area contributed by atoms with Crippen LogP contribution < -0.4 is 5.32 Å². The predicted molar refractivity (Wildman–Crippen MR) is 65.8 cm³/mol. The van der Waals surface area contributed by atoms with Gasteiger partial charge in [0.05, 0.1) is 13.2 Å². The standard InChI is InChI=1S/C12H25NO4/c1-3-17-12(15)10-16-8-7-13-6-4-5-11(2)9-14/h11,13-14H,3-10H2,1-2H3. The van der Waals surface area contributed by atoms with Crippen LogP contribution in [0.4, 0.5) is 0 Å². The zero-order valence-electron chi connectivity index (χ0n) is 10.9. The van der Waals surface area contributed by atoms with Crippen LogP contribution in [-0.2, 0) is 14.3 Å². The van der Waals surface area contributed by atoms with Gasteiger partial charge in [-0.3, -0.25) is 0 Å². The third-order valence-electron chi connectivity index (χ3n) is 2.31. The molecule has 0 aliphatic carbocycles. The van der Waals surface area contributed by atoms with E-state index >= 15 is 0 Å². The number of carbonyl (C=O) groups is 1. The molecular formula is C12H25NO4. The molecule has 5 heteroatoms. The van der Waals surface area contributed by atoms with E-state index in [4.69, 9.17) is 14.6 Å². The first-order valence-corrected chi connectivity index (χ1v) is 6.25. The highest BCUT2D eigenvalue weighted by molar-refractivity contribution is 5.70. The van der Waals surface area contributed by atoms with E-state index in [0.29, 0.717) is 19.1 Å². The molecule has 102 valence electrons. The molecule has 0 aromatic carbocycles. The van der Waals surface area contributed by atoms with Crippen molar-refractivity contribution in [2.24, 2.45) is 5.92 Å². The Morgan fingerprint density at radius 3 is 2.82 bits per heavy atom. The molecule has 17 heavy (non-hydrogen) atoms. The molecule has 0 bridgehead atoms. The Morgan fingerprint density at radius 1 is 1.41 bits per heavy atom. The Morgan fingerprint density at radius 2 is 2.18 bits per heavy atom. The highest BCUT2D eigenvalue weighted by Crippen LogP contribution is 2.02. The fourth-order valence-electron chi connectivity index (χ4n) is 1.29. The van der Waals surface area contributed by atoms with E-state index in [1.807, 2.05) is 6.92 Å². The maximum atomic E-state index is 10.9. The van der Waals surface area contributed by atoms with Crippen LogP contribution >= 0.6 is 0 Å². The number of rotatable bonds is 11. The molecule has 0 saturated heterocycles. The smallest absolute Gasteiger partial charge is 0.332 e. The van der Waals surface area contributed by atoms with Crippen LogP contribution in [0, 0.1) is 5.92 Å². The fourth-order valence-corrected chi connectivity index (χ4v) is 1.29. The van der Waals surface area contributed by atoms with Crippen LogP contribution in [0.3, 0.4) is 0 Å². The second kappa shape index (κ2) is 11.8. The summed E-state index contributed by atoms with van der Waals surface area (Å²) >= 11 is 0. The van der Waals surface area contributed by atoms with Gasteiger partial charge in [-0.2, -0.15) is 0 Å². The lowest BCUT2D eigenvalue weighted by Crippen LogP contribution is -2.23. The molecular weight excluding hydrogens is 222 g/mol. The summed E-state index contributed by atoms with van der Waals surface area (Å²) in [4.78, 5) is 10.9. The van der Waals surface area contributed by atoms with Crippen molar-refractivity contribution in [2.75, 3.05) is 39.5 Å². The monoisotopic (exact) mass is 247 g/mol. The molecule has 0 fully saturated rings. The van der Waals surface area contributed by atoms with Gasteiger partial charge < -0.3 is 19.9 Å². The highest BCUT2D eigenvalue weighted by atomic mass is 16.6. The number of hydrogen-bond acceptors (Lipinski definition) is 5. The van der Waals surface area contributed by atoms with Gasteiger partial charge in [0.2, 0.25) is 0 Å². The number of carbonyl (C=O) groups excluding carboxylic acids is 1. The van der Waals surface area contributed by atoms with Gasteiger partial charge in [-0.05, 0) is 32.2 Å². The van der Waals surface area contributed by atoms with Crippen molar-refractivity contribution >= 4 is 5.97 Å². The van der Waals surface area contributed by atoms with Crippen molar-refractivity contribution in [3.8, 4) is 0 Å².